The summed E-state index contributed by atoms with van der Waals surface area (Å²) >= 11 is 8.70. The summed E-state index contributed by atoms with van der Waals surface area (Å²) in [6.07, 6.45) is 0.964. The molecule has 0 aliphatic carbocycles. The Balaban J connectivity index is 1.57. The maximum Gasteiger partial charge on any atom is 0.261 e. The number of nitrogens with one attached hydrogen (secondary N) is 3. The van der Waals surface area contributed by atoms with Gasteiger partial charge in [0.15, 0.2) is 5.11 Å². The summed E-state index contributed by atoms with van der Waals surface area (Å²) in [5.41, 5.74) is 2.75. The second-order valence-corrected chi connectivity index (χ2v) is 9.15. The number of hydrogen-bond acceptors (Lipinski definition) is 4. The molecule has 8 heteroatoms. The van der Waals surface area contributed by atoms with Gasteiger partial charge >= 0.3 is 0 Å². The number of hydrogen-bond donors (Lipinski definition) is 3. The maximum atomic E-state index is 12.8. The molecule has 0 fully saturated rings. The van der Waals surface area contributed by atoms with E-state index in [0.717, 1.165) is 10.0 Å². The minimum atomic E-state index is -0.389. The quantitative estimate of drug-likeness (QED) is 0.309. The molecule has 0 aliphatic heterocycles. The van der Waals surface area contributed by atoms with E-state index in [1.165, 1.54) is 0 Å². The van der Waals surface area contributed by atoms with Crippen molar-refractivity contribution in [3.63, 3.8) is 0 Å². The largest absolute Gasteiger partial charge is 0.490 e. The number of amides is 2. The van der Waals surface area contributed by atoms with E-state index in [-0.39, 0.29) is 23.0 Å². The summed E-state index contributed by atoms with van der Waals surface area (Å²) < 4.78 is 6.49. The van der Waals surface area contributed by atoms with Crippen molar-refractivity contribution in [2.45, 2.75) is 32.8 Å². The second kappa shape index (κ2) is 12.3. The monoisotopic (exact) mass is 539 g/mol. The lowest BCUT2D eigenvalue weighted by atomic mass is 10.1. The number of thiocarbonyl (C=S) groups is 1. The summed E-state index contributed by atoms with van der Waals surface area (Å²) in [6.45, 7) is 3.78. The fourth-order valence-electron chi connectivity index (χ4n) is 3.17. The average Bonchev–Trinajstić information content (AvgIpc) is 2.79. The molecule has 0 atom stereocenters. The molecule has 3 rings (SSSR count). The van der Waals surface area contributed by atoms with Crippen LogP contribution in [0.4, 0.5) is 11.4 Å². The molecule has 0 saturated heterocycles. The van der Waals surface area contributed by atoms with Gasteiger partial charge < -0.3 is 15.4 Å². The van der Waals surface area contributed by atoms with E-state index in [2.05, 4.69) is 31.9 Å². The van der Waals surface area contributed by atoms with Crippen molar-refractivity contribution in [2.75, 3.05) is 10.6 Å². The van der Waals surface area contributed by atoms with E-state index in [0.29, 0.717) is 35.5 Å². The van der Waals surface area contributed by atoms with Crippen molar-refractivity contribution in [2.24, 2.45) is 0 Å². The number of carbonyl (C=O) groups is 2. The van der Waals surface area contributed by atoms with Crippen LogP contribution in [0.1, 0.15) is 36.2 Å². The van der Waals surface area contributed by atoms with Gasteiger partial charge in [0.05, 0.1) is 11.7 Å². The van der Waals surface area contributed by atoms with E-state index >= 15 is 0 Å². The highest BCUT2D eigenvalue weighted by atomic mass is 79.9. The van der Waals surface area contributed by atoms with Crippen LogP contribution in [-0.2, 0) is 11.2 Å². The van der Waals surface area contributed by atoms with Gasteiger partial charge in [-0.05, 0) is 74.4 Å². The zero-order valence-electron chi connectivity index (χ0n) is 18.9. The molecule has 0 bridgehead atoms. The normalized spacial score (nSPS) is 10.5. The second-order valence-electron chi connectivity index (χ2n) is 7.83. The van der Waals surface area contributed by atoms with E-state index < -0.39 is 0 Å². The zero-order valence-corrected chi connectivity index (χ0v) is 21.3. The Morgan fingerprint density at radius 2 is 1.65 bits per heavy atom. The van der Waals surface area contributed by atoms with Crippen LogP contribution in [0, 0.1) is 0 Å². The lowest BCUT2D eigenvalue weighted by Gasteiger charge is -2.15. The molecule has 0 unspecified atom stereocenters. The molecule has 0 saturated carbocycles. The van der Waals surface area contributed by atoms with Crippen LogP contribution in [0.5, 0.6) is 5.75 Å². The zero-order chi connectivity index (χ0) is 24.5. The summed E-state index contributed by atoms with van der Waals surface area (Å²) in [5, 5.41) is 8.69. The molecule has 0 aromatic heterocycles. The SMILES string of the molecule is CC(C)Oc1ccc(Br)cc1C(=O)NC(=S)Nc1cccc(NC(=O)CCc2ccccc2)c1. The van der Waals surface area contributed by atoms with Crippen molar-refractivity contribution in [3.05, 3.63) is 88.4 Å². The third-order valence-electron chi connectivity index (χ3n) is 4.66. The number of rotatable bonds is 8. The van der Waals surface area contributed by atoms with Crippen LogP contribution in [0.15, 0.2) is 77.3 Å². The Morgan fingerprint density at radius 1 is 0.941 bits per heavy atom. The van der Waals surface area contributed by atoms with Gasteiger partial charge in [-0.3, -0.25) is 14.9 Å². The van der Waals surface area contributed by atoms with Crippen molar-refractivity contribution in [1.82, 2.24) is 5.32 Å². The fraction of sp³-hybridized carbons (Fsp3) is 0.192. The van der Waals surface area contributed by atoms with Gasteiger partial charge in [0, 0.05) is 22.3 Å². The van der Waals surface area contributed by atoms with Gasteiger partial charge in [0.1, 0.15) is 5.75 Å². The summed E-state index contributed by atoms with van der Waals surface area (Å²) in [5.74, 6) is 0.00255. The Labute approximate surface area is 213 Å². The van der Waals surface area contributed by atoms with Gasteiger partial charge in [-0.2, -0.15) is 0 Å². The van der Waals surface area contributed by atoms with Crippen molar-refractivity contribution in [3.8, 4) is 5.75 Å². The molecule has 6 nitrogen and oxygen atoms in total. The van der Waals surface area contributed by atoms with Crippen molar-refractivity contribution < 1.29 is 14.3 Å². The number of benzene rings is 3. The highest BCUT2D eigenvalue weighted by molar-refractivity contribution is 9.10. The molecule has 0 radical (unpaired) electrons. The van der Waals surface area contributed by atoms with Crippen LogP contribution >= 0.6 is 28.1 Å². The molecular weight excluding hydrogens is 514 g/mol. The predicted octanol–water partition coefficient (Wildman–Crippen LogP) is 5.93. The van der Waals surface area contributed by atoms with E-state index in [4.69, 9.17) is 17.0 Å². The first-order valence-corrected chi connectivity index (χ1v) is 12.0. The lowest BCUT2D eigenvalue weighted by molar-refractivity contribution is -0.116. The van der Waals surface area contributed by atoms with Crippen LogP contribution in [0.2, 0.25) is 0 Å². The standard InChI is InChI=1S/C26H26BrN3O3S/c1-17(2)33-23-13-12-19(27)15-22(23)25(32)30-26(34)29-21-10-6-9-20(16-21)28-24(31)14-11-18-7-4-3-5-8-18/h3-10,12-13,15-17H,11,14H2,1-2H3,(H,28,31)(H2,29,30,32,34). The van der Waals surface area contributed by atoms with Crippen molar-refractivity contribution in [1.29, 1.82) is 0 Å². The summed E-state index contributed by atoms with van der Waals surface area (Å²) in [4.78, 5) is 25.1. The molecule has 3 aromatic rings. The first kappa shape index (κ1) is 25.4. The first-order chi connectivity index (χ1) is 16.3. The number of aryl methyl sites for hydroxylation is 1. The predicted molar refractivity (Wildman–Crippen MR) is 143 cm³/mol. The Morgan fingerprint density at radius 3 is 2.35 bits per heavy atom. The molecule has 3 aromatic carbocycles. The van der Waals surface area contributed by atoms with Crippen LogP contribution in [0.3, 0.4) is 0 Å². The minimum absolute atomic E-state index is 0.0794. The number of halogens is 1. The molecule has 0 aliphatic rings. The van der Waals surface area contributed by atoms with Gasteiger partial charge in [0.25, 0.3) is 5.91 Å². The van der Waals surface area contributed by atoms with Crippen LogP contribution in [0.25, 0.3) is 0 Å². The van der Waals surface area contributed by atoms with Crippen LogP contribution < -0.4 is 20.7 Å². The number of ether oxygens (including phenoxy) is 1. The first-order valence-electron chi connectivity index (χ1n) is 10.8. The molecule has 0 heterocycles. The molecular formula is C26H26BrN3O3S. The summed E-state index contributed by atoms with van der Waals surface area (Å²) in [7, 11) is 0. The topological polar surface area (TPSA) is 79.5 Å². The maximum absolute atomic E-state index is 12.8. The van der Waals surface area contributed by atoms with Gasteiger partial charge in [-0.1, -0.05) is 52.3 Å². The van der Waals surface area contributed by atoms with Gasteiger partial charge in [-0.25, -0.2) is 0 Å². The Hall–Kier alpha value is -3.23. The molecule has 0 spiro atoms. The van der Waals surface area contributed by atoms with Crippen molar-refractivity contribution >= 4 is 56.4 Å². The van der Waals surface area contributed by atoms with Gasteiger partial charge in [-0.15, -0.1) is 0 Å². The number of carbonyl (C=O) groups excluding carboxylic acids is 2. The average molecular weight is 540 g/mol. The minimum Gasteiger partial charge on any atom is -0.490 e. The van der Waals surface area contributed by atoms with Gasteiger partial charge in [0.2, 0.25) is 5.91 Å². The third kappa shape index (κ3) is 7.97. The molecule has 2 amide bonds. The van der Waals surface area contributed by atoms with E-state index in [1.54, 1.807) is 36.4 Å². The Bertz CT molecular complexity index is 1170. The highest BCUT2D eigenvalue weighted by Gasteiger charge is 2.16. The lowest BCUT2D eigenvalue weighted by Crippen LogP contribution is -2.34. The highest BCUT2D eigenvalue weighted by Crippen LogP contribution is 2.24. The molecule has 34 heavy (non-hydrogen) atoms. The third-order valence-corrected chi connectivity index (χ3v) is 5.36. The van der Waals surface area contributed by atoms with E-state index in [9.17, 15) is 9.59 Å². The smallest absolute Gasteiger partial charge is 0.261 e. The molecule has 3 N–H and O–H groups in total. The number of anilines is 2. The van der Waals surface area contributed by atoms with Crippen LogP contribution in [-0.4, -0.2) is 23.0 Å². The molecule has 176 valence electrons. The van der Waals surface area contributed by atoms with E-state index in [1.807, 2.05) is 50.2 Å². The fourth-order valence-corrected chi connectivity index (χ4v) is 3.74. The Kier molecular flexibility index (Phi) is 9.18. The summed E-state index contributed by atoms with van der Waals surface area (Å²) in [6, 6.07) is 22.2.